The number of benzene rings is 1. The Balaban J connectivity index is 2.41. The molecule has 1 atom stereocenters. The van der Waals surface area contributed by atoms with Crippen LogP contribution < -0.4 is 0 Å². The highest BCUT2D eigenvalue weighted by molar-refractivity contribution is 6.34. The number of phenolic OH excluding ortho intramolecular Hbond substituents is 1. The smallest absolute Gasteiger partial charge is 0.329 e. The van der Waals surface area contributed by atoms with Gasteiger partial charge in [-0.2, -0.15) is 4.39 Å². The second-order valence-electron chi connectivity index (χ2n) is 6.49. The zero-order valence-corrected chi connectivity index (χ0v) is 15.4. The van der Waals surface area contributed by atoms with Crippen LogP contribution in [0.15, 0.2) is 40.5 Å². The molecule has 0 spiro atoms. The van der Waals surface area contributed by atoms with Gasteiger partial charge >= 0.3 is 11.8 Å². The second kappa shape index (κ2) is 7.60. The number of carboxylic acids is 1. The van der Waals surface area contributed by atoms with Gasteiger partial charge in [-0.1, -0.05) is 37.6 Å². The van der Waals surface area contributed by atoms with Gasteiger partial charge in [-0.15, -0.1) is 0 Å². The Hall–Kier alpha value is -2.18. The monoisotopic (exact) mass is 382 g/mol. The molecule has 0 aliphatic heterocycles. The molecule has 0 saturated heterocycles. The van der Waals surface area contributed by atoms with Gasteiger partial charge in [-0.05, 0) is 53.7 Å². The van der Waals surface area contributed by atoms with Crippen molar-refractivity contribution >= 4 is 23.4 Å². The van der Waals surface area contributed by atoms with Crippen LogP contribution >= 0.6 is 11.6 Å². The van der Waals surface area contributed by atoms with E-state index in [1.54, 1.807) is 25.1 Å². The quantitative estimate of drug-likeness (QED) is 0.780. The average molecular weight is 383 g/mol. The molecule has 1 aliphatic rings. The van der Waals surface area contributed by atoms with Crippen LogP contribution in [0.4, 0.5) is 4.39 Å². The maximum atomic E-state index is 15.0. The molecule has 1 unspecified atom stereocenters. The minimum Gasteiger partial charge on any atom is -0.508 e. The fourth-order valence-corrected chi connectivity index (χ4v) is 3.11. The van der Waals surface area contributed by atoms with Crippen molar-refractivity contribution in [2.45, 2.75) is 39.0 Å². The molecule has 1 aromatic rings. The van der Waals surface area contributed by atoms with Gasteiger partial charge in [-0.25, -0.2) is 4.79 Å². The molecule has 26 heavy (non-hydrogen) atoms. The van der Waals surface area contributed by atoms with Crippen LogP contribution in [-0.2, 0) is 20.7 Å². The summed E-state index contributed by atoms with van der Waals surface area (Å²) in [5.74, 6) is -5.21. The number of phenols is 1. The molecular weight excluding hydrogens is 363 g/mol. The topological polar surface area (TPSA) is 83.8 Å². The van der Waals surface area contributed by atoms with Crippen LogP contribution in [0.3, 0.4) is 0 Å². The maximum absolute atomic E-state index is 15.0. The first-order chi connectivity index (χ1) is 12.1. The number of hydrogen-bond acceptors (Lipinski definition) is 4. The minimum atomic E-state index is -3.01. The third-order valence-electron chi connectivity index (χ3n) is 4.18. The number of carbonyl (C=O) groups excluding carboxylic acids is 1. The molecule has 7 heteroatoms. The van der Waals surface area contributed by atoms with E-state index in [1.807, 2.05) is 13.8 Å². The Morgan fingerprint density at radius 3 is 2.62 bits per heavy atom. The minimum absolute atomic E-state index is 0.0862. The molecule has 0 heterocycles. The van der Waals surface area contributed by atoms with E-state index in [9.17, 15) is 14.7 Å². The average Bonchev–Trinajstić information content (AvgIpc) is 2.56. The Kier molecular flexibility index (Phi) is 5.88. The Morgan fingerprint density at radius 2 is 2.04 bits per heavy atom. The van der Waals surface area contributed by atoms with E-state index in [0.29, 0.717) is 11.1 Å². The van der Waals surface area contributed by atoms with Crippen LogP contribution in [0.2, 0.25) is 0 Å². The molecule has 0 amide bonds. The lowest BCUT2D eigenvalue weighted by molar-refractivity contribution is -0.168. The van der Waals surface area contributed by atoms with Crippen molar-refractivity contribution in [2.24, 2.45) is 0 Å². The summed E-state index contributed by atoms with van der Waals surface area (Å²) in [6.07, 6.45) is 1.27. The molecule has 0 aromatic heterocycles. The van der Waals surface area contributed by atoms with Crippen molar-refractivity contribution in [3.63, 3.8) is 0 Å². The predicted molar refractivity (Wildman–Crippen MR) is 95.0 cm³/mol. The van der Waals surface area contributed by atoms with Crippen molar-refractivity contribution in [3.05, 3.63) is 51.6 Å². The highest BCUT2D eigenvalue weighted by Gasteiger charge is 2.46. The molecule has 0 saturated carbocycles. The molecule has 1 aromatic carbocycles. The standard InChI is InChI=1S/C19H20ClFO5/c1-10(2)13-7-12(4-5-15(13)22)8-14-11(3)6-16(23)19(21,18(14)20)26-9-17(24)25/h4-7,10,22H,8-9H2,1-3H3,(H,24,25). The highest BCUT2D eigenvalue weighted by atomic mass is 35.5. The number of hydrogen-bond donors (Lipinski definition) is 2. The van der Waals surface area contributed by atoms with Crippen molar-refractivity contribution < 1.29 is 28.9 Å². The first-order valence-corrected chi connectivity index (χ1v) is 8.42. The van der Waals surface area contributed by atoms with Crippen LogP contribution in [0, 0.1) is 0 Å². The van der Waals surface area contributed by atoms with Gasteiger partial charge < -0.3 is 14.9 Å². The zero-order chi connectivity index (χ0) is 19.6. The third kappa shape index (κ3) is 3.97. The third-order valence-corrected chi connectivity index (χ3v) is 4.65. The summed E-state index contributed by atoms with van der Waals surface area (Å²) >= 11 is 6.12. The zero-order valence-electron chi connectivity index (χ0n) is 14.7. The first kappa shape index (κ1) is 20.1. The van der Waals surface area contributed by atoms with E-state index < -0.39 is 29.2 Å². The van der Waals surface area contributed by atoms with Gasteiger partial charge in [0.15, 0.2) is 0 Å². The summed E-state index contributed by atoms with van der Waals surface area (Å²) in [4.78, 5) is 22.7. The molecule has 5 nitrogen and oxygen atoms in total. The lowest BCUT2D eigenvalue weighted by Crippen LogP contribution is -2.41. The lowest BCUT2D eigenvalue weighted by Gasteiger charge is -2.28. The number of aromatic hydroxyl groups is 1. The molecule has 1 aliphatic carbocycles. The van der Waals surface area contributed by atoms with E-state index in [-0.39, 0.29) is 18.1 Å². The van der Waals surface area contributed by atoms with E-state index in [1.165, 1.54) is 0 Å². The Morgan fingerprint density at radius 1 is 1.38 bits per heavy atom. The lowest BCUT2D eigenvalue weighted by atomic mass is 9.89. The van der Waals surface area contributed by atoms with Crippen molar-refractivity contribution in [1.82, 2.24) is 0 Å². The molecule has 140 valence electrons. The van der Waals surface area contributed by atoms with E-state index >= 15 is 4.39 Å². The van der Waals surface area contributed by atoms with Crippen LogP contribution in [0.25, 0.3) is 0 Å². The van der Waals surface area contributed by atoms with Gasteiger partial charge in [0.05, 0.1) is 5.03 Å². The van der Waals surface area contributed by atoms with Crippen LogP contribution in [0.5, 0.6) is 5.75 Å². The van der Waals surface area contributed by atoms with Gasteiger partial charge in [0.25, 0.3) is 0 Å². The van der Waals surface area contributed by atoms with E-state index in [4.69, 9.17) is 16.7 Å². The fraction of sp³-hybridized carbons (Fsp3) is 0.368. The molecular formula is C19H20ClFO5. The molecule has 2 rings (SSSR count). The second-order valence-corrected chi connectivity index (χ2v) is 6.86. The first-order valence-electron chi connectivity index (χ1n) is 8.05. The molecule has 0 bridgehead atoms. The predicted octanol–water partition coefficient (Wildman–Crippen LogP) is 3.85. The molecule has 0 radical (unpaired) electrons. The van der Waals surface area contributed by atoms with Gasteiger partial charge in [0, 0.05) is 0 Å². The summed E-state index contributed by atoms with van der Waals surface area (Å²) in [7, 11) is 0. The van der Waals surface area contributed by atoms with E-state index in [2.05, 4.69) is 4.74 Å². The summed E-state index contributed by atoms with van der Waals surface area (Å²) in [6, 6.07) is 5.02. The number of aliphatic carboxylic acids is 1. The number of allylic oxidation sites excluding steroid dienone is 2. The van der Waals surface area contributed by atoms with Crippen molar-refractivity contribution in [2.75, 3.05) is 6.61 Å². The molecule has 2 N–H and O–H groups in total. The van der Waals surface area contributed by atoms with Gasteiger partial charge in [0.1, 0.15) is 12.4 Å². The highest BCUT2D eigenvalue weighted by Crippen LogP contribution is 2.39. The number of rotatable bonds is 6. The van der Waals surface area contributed by atoms with Crippen LogP contribution in [-0.4, -0.2) is 34.4 Å². The maximum Gasteiger partial charge on any atom is 0.329 e. The summed E-state index contributed by atoms with van der Waals surface area (Å²) in [5, 5.41) is 18.1. The number of carbonyl (C=O) groups is 2. The fourth-order valence-electron chi connectivity index (χ4n) is 2.75. The Bertz CT molecular complexity index is 812. The van der Waals surface area contributed by atoms with E-state index in [0.717, 1.165) is 17.2 Å². The molecule has 0 fully saturated rings. The number of carboxylic acid groups (broad SMARTS) is 1. The summed E-state index contributed by atoms with van der Waals surface area (Å²) in [6.45, 7) is 4.50. The van der Waals surface area contributed by atoms with Crippen molar-refractivity contribution in [3.8, 4) is 5.75 Å². The number of alkyl halides is 1. The summed E-state index contributed by atoms with van der Waals surface area (Å²) < 4.78 is 19.7. The normalized spacial score (nSPS) is 20.5. The van der Waals surface area contributed by atoms with Gasteiger partial charge in [-0.3, -0.25) is 4.79 Å². The summed E-state index contributed by atoms with van der Waals surface area (Å²) in [5.41, 5.74) is 2.33. The van der Waals surface area contributed by atoms with Crippen molar-refractivity contribution in [1.29, 1.82) is 0 Å². The number of ketones is 1. The van der Waals surface area contributed by atoms with Crippen LogP contribution in [0.1, 0.15) is 37.8 Å². The SMILES string of the molecule is CC1=CC(=O)C(F)(OCC(=O)O)C(Cl)=C1Cc1ccc(O)c(C(C)C)c1. The number of halogens is 2. The Labute approximate surface area is 155 Å². The number of ether oxygens (including phenoxy) is 1. The van der Waals surface area contributed by atoms with Gasteiger partial charge in [0.2, 0.25) is 5.78 Å². The largest absolute Gasteiger partial charge is 0.508 e.